The van der Waals surface area contributed by atoms with Crippen LogP contribution in [0, 0.1) is 0 Å². The Morgan fingerprint density at radius 1 is 1.30 bits per heavy atom. The number of nitrogens with zero attached hydrogens (tertiary/aromatic N) is 2. The molecule has 106 valence electrons. The number of nitrogen functional groups attached to an aromatic ring is 1. The van der Waals surface area contributed by atoms with E-state index in [0.29, 0.717) is 0 Å². The number of nitrogens with two attached hydrogens (primary N) is 1. The van der Waals surface area contributed by atoms with E-state index in [1.165, 1.54) is 0 Å². The van der Waals surface area contributed by atoms with Gasteiger partial charge < -0.3 is 11.1 Å². The van der Waals surface area contributed by atoms with Gasteiger partial charge in [0, 0.05) is 12.4 Å². The average molecular weight is 282 g/mol. The van der Waals surface area contributed by atoms with Gasteiger partial charge in [0.15, 0.2) is 0 Å². The number of alkyl halides is 3. The number of hydrogen-bond donors (Lipinski definition) is 2. The normalized spacial score (nSPS) is 13.0. The van der Waals surface area contributed by atoms with Gasteiger partial charge in [0.25, 0.3) is 0 Å². The van der Waals surface area contributed by atoms with Crippen LogP contribution in [0.25, 0.3) is 0 Å². The van der Waals surface area contributed by atoms with Crippen molar-refractivity contribution in [2.45, 2.75) is 19.1 Å². The van der Waals surface area contributed by atoms with Crippen molar-refractivity contribution in [3.8, 4) is 0 Å². The fourth-order valence-electron chi connectivity index (χ4n) is 1.69. The van der Waals surface area contributed by atoms with Gasteiger partial charge in [-0.1, -0.05) is 6.07 Å². The fraction of sp³-hybridized carbons (Fsp3) is 0.231. The molecule has 2 rings (SSSR count). The lowest BCUT2D eigenvalue weighted by molar-refractivity contribution is -0.141. The Balaban J connectivity index is 2.25. The number of aromatic nitrogens is 2. The van der Waals surface area contributed by atoms with Crippen LogP contribution in [-0.2, 0) is 6.18 Å². The minimum absolute atomic E-state index is 0.161. The molecule has 0 saturated carbocycles. The third kappa shape index (κ3) is 3.17. The zero-order chi connectivity index (χ0) is 14.8. The molecular weight excluding hydrogens is 269 g/mol. The lowest BCUT2D eigenvalue weighted by Crippen LogP contribution is -2.13. The zero-order valence-corrected chi connectivity index (χ0v) is 10.6. The van der Waals surface area contributed by atoms with E-state index in [-0.39, 0.29) is 17.4 Å². The second-order valence-electron chi connectivity index (χ2n) is 4.31. The Labute approximate surface area is 113 Å². The van der Waals surface area contributed by atoms with Crippen molar-refractivity contribution in [2.75, 3.05) is 11.1 Å². The van der Waals surface area contributed by atoms with Crippen molar-refractivity contribution in [2.24, 2.45) is 0 Å². The molecule has 0 radical (unpaired) electrons. The van der Waals surface area contributed by atoms with Gasteiger partial charge >= 0.3 is 6.18 Å². The molecular formula is C13H13F3N4. The summed E-state index contributed by atoms with van der Waals surface area (Å²) in [6.45, 7) is 1.81. The Morgan fingerprint density at radius 2 is 2.05 bits per heavy atom. The van der Waals surface area contributed by atoms with E-state index in [4.69, 9.17) is 5.73 Å². The van der Waals surface area contributed by atoms with E-state index in [9.17, 15) is 13.2 Å². The van der Waals surface area contributed by atoms with E-state index < -0.39 is 11.9 Å². The number of anilines is 2. The first-order valence-corrected chi connectivity index (χ1v) is 5.87. The number of nitrogens with one attached hydrogen (secondary N) is 1. The molecule has 3 N–H and O–H groups in total. The van der Waals surface area contributed by atoms with E-state index in [0.717, 1.165) is 17.8 Å². The minimum atomic E-state index is -4.50. The molecule has 0 saturated heterocycles. The van der Waals surface area contributed by atoms with E-state index >= 15 is 0 Å². The van der Waals surface area contributed by atoms with Crippen LogP contribution in [0.4, 0.5) is 24.5 Å². The first-order chi connectivity index (χ1) is 9.38. The largest absolute Gasteiger partial charge is 0.433 e. The van der Waals surface area contributed by atoms with Crippen molar-refractivity contribution < 1.29 is 13.2 Å². The summed E-state index contributed by atoms with van der Waals surface area (Å²) >= 11 is 0. The van der Waals surface area contributed by atoms with Crippen molar-refractivity contribution in [3.63, 3.8) is 0 Å². The van der Waals surface area contributed by atoms with Crippen LogP contribution in [0.15, 0.2) is 36.8 Å². The summed E-state index contributed by atoms with van der Waals surface area (Å²) in [4.78, 5) is 7.25. The standard InChI is InChI=1S/C13H13F3N4/c1-8(9-3-2-4-18-6-9)20-11-5-12(13(14,15)16)19-7-10(11)17/h2-8H,17H2,1H3,(H,19,20). The van der Waals surface area contributed by atoms with E-state index in [1.54, 1.807) is 18.5 Å². The summed E-state index contributed by atoms with van der Waals surface area (Å²) in [5, 5.41) is 2.93. The SMILES string of the molecule is CC(Nc1cc(C(F)(F)F)ncc1N)c1cccnc1. The van der Waals surface area contributed by atoms with Crippen molar-refractivity contribution in [3.05, 3.63) is 48.0 Å². The van der Waals surface area contributed by atoms with Gasteiger partial charge in [0.05, 0.1) is 23.6 Å². The highest BCUT2D eigenvalue weighted by Crippen LogP contribution is 2.32. The highest BCUT2D eigenvalue weighted by molar-refractivity contribution is 5.66. The second-order valence-corrected chi connectivity index (χ2v) is 4.31. The molecule has 0 aliphatic rings. The summed E-state index contributed by atoms with van der Waals surface area (Å²) in [5.41, 5.74) is 5.88. The number of halogens is 3. The van der Waals surface area contributed by atoms with Crippen molar-refractivity contribution in [1.82, 2.24) is 9.97 Å². The van der Waals surface area contributed by atoms with E-state index in [1.807, 2.05) is 13.0 Å². The van der Waals surface area contributed by atoms with Crippen LogP contribution in [0.5, 0.6) is 0 Å². The Morgan fingerprint density at radius 3 is 2.65 bits per heavy atom. The van der Waals surface area contributed by atoms with Crippen molar-refractivity contribution in [1.29, 1.82) is 0 Å². The lowest BCUT2D eigenvalue weighted by atomic mass is 10.1. The predicted octanol–water partition coefficient (Wildman–Crippen LogP) is 3.25. The monoisotopic (exact) mass is 282 g/mol. The highest BCUT2D eigenvalue weighted by atomic mass is 19.4. The van der Waals surface area contributed by atoms with Crippen LogP contribution in [0.1, 0.15) is 24.2 Å². The van der Waals surface area contributed by atoms with Gasteiger partial charge in [0.2, 0.25) is 0 Å². The van der Waals surface area contributed by atoms with Crippen LogP contribution in [0.3, 0.4) is 0 Å². The summed E-state index contributed by atoms with van der Waals surface area (Å²) in [7, 11) is 0. The van der Waals surface area contributed by atoms with Gasteiger partial charge in [-0.3, -0.25) is 4.98 Å². The van der Waals surface area contributed by atoms with Gasteiger partial charge in [-0.25, -0.2) is 4.98 Å². The second kappa shape index (κ2) is 5.36. The number of rotatable bonds is 3. The first-order valence-electron chi connectivity index (χ1n) is 5.87. The average Bonchev–Trinajstić information content (AvgIpc) is 2.41. The molecule has 1 atom stereocenters. The van der Waals surface area contributed by atoms with Crippen LogP contribution in [0.2, 0.25) is 0 Å². The molecule has 0 aromatic carbocycles. The van der Waals surface area contributed by atoms with Crippen molar-refractivity contribution >= 4 is 11.4 Å². The Hall–Kier alpha value is -2.31. The quantitative estimate of drug-likeness (QED) is 0.907. The molecule has 2 aromatic rings. The van der Waals surface area contributed by atoms with Gasteiger partial charge in [-0.05, 0) is 24.6 Å². The summed E-state index contributed by atoms with van der Waals surface area (Å²) in [6, 6.07) is 4.26. The molecule has 0 aliphatic heterocycles. The molecule has 0 amide bonds. The first kappa shape index (κ1) is 14.1. The maximum Gasteiger partial charge on any atom is 0.433 e. The number of pyridine rings is 2. The molecule has 7 heteroatoms. The molecule has 0 aliphatic carbocycles. The summed E-state index contributed by atoms with van der Waals surface area (Å²) in [6.07, 6.45) is -0.235. The topological polar surface area (TPSA) is 63.8 Å². The molecule has 1 unspecified atom stereocenters. The Kier molecular flexibility index (Phi) is 3.78. The van der Waals surface area contributed by atoms with Crippen LogP contribution >= 0.6 is 0 Å². The minimum Gasteiger partial charge on any atom is -0.396 e. The maximum absolute atomic E-state index is 12.6. The van der Waals surface area contributed by atoms with Crippen LogP contribution < -0.4 is 11.1 Å². The van der Waals surface area contributed by atoms with Gasteiger partial charge in [0.1, 0.15) is 5.69 Å². The third-order valence-corrected chi connectivity index (χ3v) is 2.78. The lowest BCUT2D eigenvalue weighted by Gasteiger charge is -2.17. The molecule has 0 spiro atoms. The highest BCUT2D eigenvalue weighted by Gasteiger charge is 2.33. The van der Waals surface area contributed by atoms with Gasteiger partial charge in [-0.15, -0.1) is 0 Å². The molecule has 0 fully saturated rings. The molecule has 4 nitrogen and oxygen atoms in total. The maximum atomic E-state index is 12.6. The van der Waals surface area contributed by atoms with E-state index in [2.05, 4.69) is 15.3 Å². The smallest absolute Gasteiger partial charge is 0.396 e. The fourth-order valence-corrected chi connectivity index (χ4v) is 1.69. The molecule has 20 heavy (non-hydrogen) atoms. The number of hydrogen-bond acceptors (Lipinski definition) is 4. The molecule has 0 bridgehead atoms. The third-order valence-electron chi connectivity index (χ3n) is 2.78. The van der Waals surface area contributed by atoms with Gasteiger partial charge in [-0.2, -0.15) is 13.2 Å². The summed E-state index contributed by atoms with van der Waals surface area (Å²) in [5.74, 6) is 0. The predicted molar refractivity (Wildman–Crippen MR) is 69.9 cm³/mol. The Bertz CT molecular complexity index is 584. The molecule has 2 heterocycles. The van der Waals surface area contributed by atoms with Crippen LogP contribution in [-0.4, -0.2) is 9.97 Å². The molecule has 2 aromatic heterocycles. The zero-order valence-electron chi connectivity index (χ0n) is 10.6. The summed E-state index contributed by atoms with van der Waals surface area (Å²) < 4.78 is 37.9.